The fourth-order valence-electron chi connectivity index (χ4n) is 3.90. The molecule has 2 aliphatic heterocycles. The molecule has 2 aliphatic rings. The molecule has 0 aromatic heterocycles. The Balaban J connectivity index is 1.62. The van der Waals surface area contributed by atoms with Crippen LogP contribution in [-0.4, -0.2) is 49.5 Å². The van der Waals surface area contributed by atoms with Crippen molar-refractivity contribution in [3.63, 3.8) is 0 Å². The lowest BCUT2D eigenvalue weighted by atomic mass is 9.91. The number of benzene rings is 2. The van der Waals surface area contributed by atoms with Crippen molar-refractivity contribution in [1.29, 1.82) is 0 Å². The fourth-order valence-corrected chi connectivity index (χ4v) is 3.90. The van der Waals surface area contributed by atoms with E-state index in [9.17, 15) is 14.0 Å². The second kappa shape index (κ2) is 8.24. The number of halogens is 1. The van der Waals surface area contributed by atoms with Crippen molar-refractivity contribution in [2.24, 2.45) is 0 Å². The molecule has 2 heterocycles. The zero-order valence-electron chi connectivity index (χ0n) is 18.6. The Morgan fingerprint density at radius 1 is 1.16 bits per heavy atom. The minimum atomic E-state index is -0.680. The normalized spacial score (nSPS) is 18.8. The van der Waals surface area contributed by atoms with Crippen LogP contribution in [0, 0.1) is 5.82 Å². The number of hydrogen-bond acceptors (Lipinski definition) is 4. The minimum absolute atomic E-state index is 0.122. The fraction of sp³-hybridized carbons (Fsp3) is 0.280. The largest absolute Gasteiger partial charge is 0.482 e. The number of amides is 2. The number of allylic oxidation sites excluding steroid dienone is 1. The second-order valence-corrected chi connectivity index (χ2v) is 8.69. The van der Waals surface area contributed by atoms with Crippen LogP contribution in [0.1, 0.15) is 35.3 Å². The highest BCUT2D eigenvalue weighted by Gasteiger charge is 2.38. The van der Waals surface area contributed by atoms with Gasteiger partial charge in [-0.05, 0) is 69.9 Å². The lowest BCUT2D eigenvalue weighted by Crippen LogP contribution is -2.31. The first-order valence-electron chi connectivity index (χ1n) is 10.5. The molecule has 0 unspecified atom stereocenters. The summed E-state index contributed by atoms with van der Waals surface area (Å²) in [5, 5.41) is 5.60. The summed E-state index contributed by atoms with van der Waals surface area (Å²) in [6, 6.07) is 11.5. The standard InChI is InChI=1S/C25H26FN3O3/c1-25(2)19(15-5-7-16(8-6-15)23(30)27-11-12-29(3)4)14-21(32-25)22-18-10-9-17(26)13-20(18)28-24(22)31/h5-10,13-14H,11-12H2,1-4H3,(H,27,30)(H,28,31)/b22-21+. The maximum absolute atomic E-state index is 13.6. The molecule has 2 N–H and O–H groups in total. The SMILES string of the molecule is CN(C)CCNC(=O)c1ccc(C2=C/C(=C3\C(=O)Nc4cc(F)ccc43)OC2(C)C)cc1. The van der Waals surface area contributed by atoms with Crippen molar-refractivity contribution < 1.29 is 18.7 Å². The number of carbonyl (C=O) groups is 2. The molecule has 2 amide bonds. The smallest absolute Gasteiger partial charge is 0.260 e. The molecule has 0 atom stereocenters. The molecule has 0 saturated heterocycles. The summed E-state index contributed by atoms with van der Waals surface area (Å²) in [5.41, 5.74) is 3.13. The topological polar surface area (TPSA) is 70.7 Å². The molecule has 166 valence electrons. The van der Waals surface area contributed by atoms with Crippen LogP contribution in [0.4, 0.5) is 10.1 Å². The second-order valence-electron chi connectivity index (χ2n) is 8.69. The monoisotopic (exact) mass is 435 g/mol. The summed E-state index contributed by atoms with van der Waals surface area (Å²) in [6.07, 6.45) is 1.85. The third-order valence-electron chi connectivity index (χ3n) is 5.56. The average molecular weight is 435 g/mol. The number of hydrogen-bond donors (Lipinski definition) is 2. The quantitative estimate of drug-likeness (QED) is 0.703. The number of nitrogens with one attached hydrogen (secondary N) is 2. The summed E-state index contributed by atoms with van der Waals surface area (Å²) in [4.78, 5) is 26.9. The lowest BCUT2D eigenvalue weighted by Gasteiger charge is -2.23. The van der Waals surface area contributed by atoms with Crippen LogP contribution in [0.2, 0.25) is 0 Å². The van der Waals surface area contributed by atoms with E-state index in [1.54, 1.807) is 18.2 Å². The summed E-state index contributed by atoms with van der Waals surface area (Å²) >= 11 is 0. The zero-order valence-corrected chi connectivity index (χ0v) is 18.6. The Kier molecular flexibility index (Phi) is 5.60. The minimum Gasteiger partial charge on any atom is -0.482 e. The highest BCUT2D eigenvalue weighted by Crippen LogP contribution is 2.44. The van der Waals surface area contributed by atoms with Crippen molar-refractivity contribution in [3.05, 3.63) is 76.8 Å². The van der Waals surface area contributed by atoms with Gasteiger partial charge >= 0.3 is 0 Å². The first-order chi connectivity index (χ1) is 15.2. The van der Waals surface area contributed by atoms with Crippen molar-refractivity contribution in [2.75, 3.05) is 32.5 Å². The van der Waals surface area contributed by atoms with E-state index in [2.05, 4.69) is 10.6 Å². The Hall–Kier alpha value is -3.45. The molecule has 2 aromatic carbocycles. The first-order valence-corrected chi connectivity index (χ1v) is 10.5. The summed E-state index contributed by atoms with van der Waals surface area (Å²) in [7, 11) is 3.91. The first kappa shape index (κ1) is 21.8. The number of fused-ring (bicyclic) bond motifs is 1. The number of carbonyl (C=O) groups excluding carboxylic acids is 2. The van der Waals surface area contributed by atoms with E-state index >= 15 is 0 Å². The number of likely N-dealkylation sites (N-methyl/N-ethyl adjacent to an activating group) is 1. The molecule has 7 heteroatoms. The van der Waals surface area contributed by atoms with Crippen LogP contribution in [0.5, 0.6) is 0 Å². The maximum Gasteiger partial charge on any atom is 0.260 e. The third kappa shape index (κ3) is 4.16. The third-order valence-corrected chi connectivity index (χ3v) is 5.56. The molecular weight excluding hydrogens is 409 g/mol. The van der Waals surface area contributed by atoms with Gasteiger partial charge in [-0.25, -0.2) is 4.39 Å². The van der Waals surface area contributed by atoms with Crippen LogP contribution in [0.25, 0.3) is 11.1 Å². The molecule has 0 saturated carbocycles. The molecule has 0 fully saturated rings. The Morgan fingerprint density at radius 2 is 1.88 bits per heavy atom. The van der Waals surface area contributed by atoms with Gasteiger partial charge in [-0.2, -0.15) is 0 Å². The Bertz CT molecular complexity index is 1150. The van der Waals surface area contributed by atoms with Gasteiger partial charge in [0.15, 0.2) is 0 Å². The van der Waals surface area contributed by atoms with Gasteiger partial charge in [0.1, 0.15) is 17.2 Å². The van der Waals surface area contributed by atoms with Gasteiger partial charge in [-0.15, -0.1) is 0 Å². The molecule has 6 nitrogen and oxygen atoms in total. The zero-order chi connectivity index (χ0) is 23.0. The maximum atomic E-state index is 13.6. The molecule has 0 aliphatic carbocycles. The van der Waals surface area contributed by atoms with Crippen LogP contribution >= 0.6 is 0 Å². The van der Waals surface area contributed by atoms with E-state index in [1.807, 2.05) is 51.1 Å². The molecule has 2 aromatic rings. The Morgan fingerprint density at radius 3 is 2.56 bits per heavy atom. The van der Waals surface area contributed by atoms with Gasteiger partial charge in [0.25, 0.3) is 11.8 Å². The van der Waals surface area contributed by atoms with Crippen LogP contribution in [0.15, 0.2) is 54.3 Å². The molecule has 0 spiro atoms. The van der Waals surface area contributed by atoms with Gasteiger partial charge in [0, 0.05) is 29.8 Å². The number of ether oxygens (including phenoxy) is 1. The molecule has 0 bridgehead atoms. The number of nitrogens with zero attached hydrogens (tertiary/aromatic N) is 1. The number of anilines is 1. The van der Waals surface area contributed by atoms with E-state index in [0.29, 0.717) is 34.7 Å². The van der Waals surface area contributed by atoms with E-state index in [0.717, 1.165) is 17.7 Å². The van der Waals surface area contributed by atoms with Crippen LogP contribution < -0.4 is 10.6 Å². The van der Waals surface area contributed by atoms with E-state index in [-0.39, 0.29) is 11.8 Å². The summed E-state index contributed by atoms with van der Waals surface area (Å²) in [5.74, 6) is -0.411. The van der Waals surface area contributed by atoms with Gasteiger partial charge in [0.05, 0.1) is 11.3 Å². The van der Waals surface area contributed by atoms with Crippen molar-refractivity contribution in [1.82, 2.24) is 10.2 Å². The highest BCUT2D eigenvalue weighted by molar-refractivity contribution is 6.32. The van der Waals surface area contributed by atoms with Crippen molar-refractivity contribution in [3.8, 4) is 0 Å². The van der Waals surface area contributed by atoms with E-state index < -0.39 is 11.4 Å². The van der Waals surface area contributed by atoms with Gasteiger partial charge in [-0.1, -0.05) is 12.1 Å². The Labute approximate surface area is 186 Å². The molecular formula is C25H26FN3O3. The molecule has 32 heavy (non-hydrogen) atoms. The predicted octanol–water partition coefficient (Wildman–Crippen LogP) is 3.67. The number of rotatable bonds is 5. The van der Waals surface area contributed by atoms with Crippen LogP contribution in [0.3, 0.4) is 0 Å². The summed E-state index contributed by atoms with van der Waals surface area (Å²) < 4.78 is 19.7. The van der Waals surface area contributed by atoms with Gasteiger partial charge in [0.2, 0.25) is 0 Å². The van der Waals surface area contributed by atoms with E-state index in [4.69, 9.17) is 4.74 Å². The van der Waals surface area contributed by atoms with E-state index in [1.165, 1.54) is 12.1 Å². The molecule has 0 radical (unpaired) electrons. The van der Waals surface area contributed by atoms with Crippen LogP contribution in [-0.2, 0) is 9.53 Å². The lowest BCUT2D eigenvalue weighted by molar-refractivity contribution is -0.111. The molecule has 4 rings (SSSR count). The average Bonchev–Trinajstić information content (AvgIpc) is 3.21. The van der Waals surface area contributed by atoms with Crippen molar-refractivity contribution in [2.45, 2.75) is 19.4 Å². The highest BCUT2D eigenvalue weighted by atomic mass is 19.1. The van der Waals surface area contributed by atoms with Crippen molar-refractivity contribution >= 4 is 28.6 Å². The van der Waals surface area contributed by atoms with Gasteiger partial charge in [-0.3, -0.25) is 9.59 Å². The summed E-state index contributed by atoms with van der Waals surface area (Å²) in [6.45, 7) is 5.19. The predicted molar refractivity (Wildman–Crippen MR) is 122 cm³/mol. The van der Waals surface area contributed by atoms with Gasteiger partial charge < -0.3 is 20.3 Å².